The van der Waals surface area contributed by atoms with Gasteiger partial charge in [0.15, 0.2) is 23.8 Å². The van der Waals surface area contributed by atoms with Crippen molar-refractivity contribution in [3.63, 3.8) is 0 Å². The second-order valence-corrected chi connectivity index (χ2v) is 6.19. The lowest BCUT2D eigenvalue weighted by Crippen LogP contribution is -2.20. The monoisotopic (exact) mass is 403 g/mol. The number of rotatable bonds is 7. The molecule has 0 aliphatic rings. The molecule has 3 rings (SSSR count). The quantitative estimate of drug-likeness (QED) is 0.642. The van der Waals surface area contributed by atoms with Crippen LogP contribution in [0.25, 0.3) is 11.3 Å². The maximum atomic E-state index is 12.2. The van der Waals surface area contributed by atoms with Crippen molar-refractivity contribution in [2.75, 3.05) is 26.1 Å². The summed E-state index contributed by atoms with van der Waals surface area (Å²) < 4.78 is 20.8. The van der Waals surface area contributed by atoms with Crippen molar-refractivity contribution in [1.82, 2.24) is 10.3 Å². The topological polar surface area (TPSA) is 95.7 Å². The SMILES string of the molecule is COc1ccc(-c2nonc2NC(=O)COc2ccc(Cl)c(C)c2)cc1OC. The van der Waals surface area contributed by atoms with Crippen molar-refractivity contribution in [2.45, 2.75) is 6.92 Å². The minimum atomic E-state index is -0.412. The summed E-state index contributed by atoms with van der Waals surface area (Å²) in [4.78, 5) is 12.2. The van der Waals surface area contributed by atoms with Gasteiger partial charge in [-0.3, -0.25) is 4.79 Å². The first-order valence-corrected chi connectivity index (χ1v) is 8.63. The van der Waals surface area contributed by atoms with Crippen LogP contribution in [-0.4, -0.2) is 37.0 Å². The number of carbonyl (C=O) groups excluding carboxylic acids is 1. The molecule has 0 spiro atoms. The highest BCUT2D eigenvalue weighted by atomic mass is 35.5. The number of benzene rings is 2. The van der Waals surface area contributed by atoms with Crippen LogP contribution in [0.5, 0.6) is 17.2 Å². The average molecular weight is 404 g/mol. The molecule has 146 valence electrons. The zero-order valence-electron chi connectivity index (χ0n) is 15.5. The Bertz CT molecular complexity index is 989. The summed E-state index contributed by atoms with van der Waals surface area (Å²) in [5, 5.41) is 10.9. The fourth-order valence-corrected chi connectivity index (χ4v) is 2.59. The van der Waals surface area contributed by atoms with Gasteiger partial charge in [-0.05, 0) is 59.2 Å². The molecule has 3 aromatic rings. The Labute approximate surface area is 166 Å². The number of nitrogens with one attached hydrogen (secondary N) is 1. The fraction of sp³-hybridized carbons (Fsp3) is 0.211. The van der Waals surface area contributed by atoms with Gasteiger partial charge in [0, 0.05) is 10.6 Å². The maximum absolute atomic E-state index is 12.2. The highest BCUT2D eigenvalue weighted by Gasteiger charge is 2.17. The van der Waals surface area contributed by atoms with E-state index in [4.69, 9.17) is 30.4 Å². The number of nitrogens with zero attached hydrogens (tertiary/aromatic N) is 2. The molecule has 1 amide bonds. The first-order valence-electron chi connectivity index (χ1n) is 8.25. The molecule has 28 heavy (non-hydrogen) atoms. The Balaban J connectivity index is 1.70. The number of aromatic nitrogens is 2. The van der Waals surface area contributed by atoms with Gasteiger partial charge in [-0.2, -0.15) is 0 Å². The van der Waals surface area contributed by atoms with Gasteiger partial charge in [0.05, 0.1) is 14.2 Å². The van der Waals surface area contributed by atoms with E-state index >= 15 is 0 Å². The molecule has 0 saturated carbocycles. The van der Waals surface area contributed by atoms with Gasteiger partial charge in [0.2, 0.25) is 5.82 Å². The lowest BCUT2D eigenvalue weighted by Gasteiger charge is -2.09. The van der Waals surface area contributed by atoms with Gasteiger partial charge in [-0.1, -0.05) is 11.6 Å². The normalized spacial score (nSPS) is 10.4. The van der Waals surface area contributed by atoms with Crippen molar-refractivity contribution in [3.05, 3.63) is 47.0 Å². The summed E-state index contributed by atoms with van der Waals surface area (Å²) in [6.07, 6.45) is 0. The van der Waals surface area contributed by atoms with Crippen LogP contribution in [0.4, 0.5) is 5.82 Å². The van der Waals surface area contributed by atoms with E-state index in [0.29, 0.717) is 33.5 Å². The molecule has 1 aromatic heterocycles. The second kappa shape index (κ2) is 8.62. The average Bonchev–Trinajstić information content (AvgIpc) is 3.16. The number of anilines is 1. The van der Waals surface area contributed by atoms with Crippen molar-refractivity contribution >= 4 is 23.3 Å². The van der Waals surface area contributed by atoms with E-state index in [0.717, 1.165) is 5.56 Å². The highest BCUT2D eigenvalue weighted by molar-refractivity contribution is 6.31. The second-order valence-electron chi connectivity index (χ2n) is 5.78. The number of aryl methyl sites for hydroxylation is 1. The van der Waals surface area contributed by atoms with Gasteiger partial charge < -0.3 is 19.5 Å². The van der Waals surface area contributed by atoms with Gasteiger partial charge in [-0.15, -0.1) is 0 Å². The first-order chi connectivity index (χ1) is 13.5. The summed E-state index contributed by atoms with van der Waals surface area (Å²) in [5.41, 5.74) is 1.86. The molecular weight excluding hydrogens is 386 g/mol. The third-order valence-corrected chi connectivity index (χ3v) is 4.33. The van der Waals surface area contributed by atoms with Crippen LogP contribution in [-0.2, 0) is 4.79 Å². The molecule has 1 heterocycles. The van der Waals surface area contributed by atoms with Crippen molar-refractivity contribution in [2.24, 2.45) is 0 Å². The van der Waals surface area contributed by atoms with Gasteiger partial charge in [-0.25, -0.2) is 4.63 Å². The van der Waals surface area contributed by atoms with Crippen LogP contribution in [0.1, 0.15) is 5.56 Å². The summed E-state index contributed by atoms with van der Waals surface area (Å²) in [5.74, 6) is 1.38. The van der Waals surface area contributed by atoms with Crippen molar-refractivity contribution < 1.29 is 23.6 Å². The summed E-state index contributed by atoms with van der Waals surface area (Å²) in [6.45, 7) is 1.64. The molecular formula is C19H18ClN3O5. The molecule has 0 aliphatic carbocycles. The summed E-state index contributed by atoms with van der Waals surface area (Å²) in [7, 11) is 3.07. The van der Waals surface area contributed by atoms with E-state index in [1.807, 2.05) is 6.92 Å². The maximum Gasteiger partial charge on any atom is 0.263 e. The third-order valence-electron chi connectivity index (χ3n) is 3.90. The van der Waals surface area contributed by atoms with E-state index in [1.165, 1.54) is 7.11 Å². The zero-order chi connectivity index (χ0) is 20.1. The van der Waals surface area contributed by atoms with Crippen molar-refractivity contribution in [1.29, 1.82) is 0 Å². The highest BCUT2D eigenvalue weighted by Crippen LogP contribution is 2.33. The number of amides is 1. The van der Waals surface area contributed by atoms with Crippen LogP contribution >= 0.6 is 11.6 Å². The lowest BCUT2D eigenvalue weighted by molar-refractivity contribution is -0.118. The minimum Gasteiger partial charge on any atom is -0.493 e. The first kappa shape index (κ1) is 19.5. The lowest BCUT2D eigenvalue weighted by atomic mass is 10.1. The number of hydrogen-bond donors (Lipinski definition) is 1. The molecule has 0 saturated heterocycles. The van der Waals surface area contributed by atoms with E-state index in [-0.39, 0.29) is 12.4 Å². The van der Waals surface area contributed by atoms with E-state index in [1.54, 1.807) is 43.5 Å². The minimum absolute atomic E-state index is 0.174. The predicted octanol–water partition coefficient (Wildman–Crippen LogP) is 3.73. The molecule has 0 bridgehead atoms. The molecule has 0 atom stereocenters. The van der Waals surface area contributed by atoms with Gasteiger partial charge >= 0.3 is 0 Å². The van der Waals surface area contributed by atoms with Crippen LogP contribution in [0.2, 0.25) is 5.02 Å². The van der Waals surface area contributed by atoms with E-state index in [9.17, 15) is 4.79 Å². The largest absolute Gasteiger partial charge is 0.493 e. The Hall–Kier alpha value is -3.26. The van der Waals surface area contributed by atoms with E-state index < -0.39 is 5.91 Å². The van der Waals surface area contributed by atoms with Crippen LogP contribution in [0.15, 0.2) is 41.0 Å². The Kier molecular flexibility index (Phi) is 6.00. The van der Waals surface area contributed by atoms with Crippen molar-refractivity contribution in [3.8, 4) is 28.5 Å². The number of ether oxygens (including phenoxy) is 3. The smallest absolute Gasteiger partial charge is 0.263 e. The number of carbonyl (C=O) groups is 1. The Morgan fingerprint density at radius 3 is 2.61 bits per heavy atom. The molecule has 2 aromatic carbocycles. The van der Waals surface area contributed by atoms with Crippen LogP contribution < -0.4 is 19.5 Å². The standard InChI is InChI=1S/C19H18ClN3O5/c1-11-8-13(5-6-14(11)20)27-10-17(24)21-19-18(22-28-23-19)12-4-7-15(25-2)16(9-12)26-3/h4-9H,10H2,1-3H3,(H,21,23,24). The molecule has 1 N–H and O–H groups in total. The molecule has 0 fully saturated rings. The van der Waals surface area contributed by atoms with E-state index in [2.05, 4.69) is 15.6 Å². The summed E-state index contributed by atoms with van der Waals surface area (Å²) in [6, 6.07) is 10.3. The Morgan fingerprint density at radius 2 is 1.89 bits per heavy atom. The zero-order valence-corrected chi connectivity index (χ0v) is 16.2. The number of halogens is 1. The van der Waals surface area contributed by atoms with Gasteiger partial charge in [0.1, 0.15) is 5.75 Å². The molecule has 0 aliphatic heterocycles. The van der Waals surface area contributed by atoms with Crippen LogP contribution in [0, 0.1) is 6.92 Å². The third kappa shape index (κ3) is 4.34. The predicted molar refractivity (Wildman–Crippen MR) is 103 cm³/mol. The number of methoxy groups -OCH3 is 2. The molecule has 0 radical (unpaired) electrons. The summed E-state index contributed by atoms with van der Waals surface area (Å²) >= 11 is 5.98. The fourth-order valence-electron chi connectivity index (χ4n) is 2.47. The number of hydrogen-bond acceptors (Lipinski definition) is 7. The molecule has 9 heteroatoms. The van der Waals surface area contributed by atoms with Gasteiger partial charge in [0.25, 0.3) is 5.91 Å². The molecule has 8 nitrogen and oxygen atoms in total. The molecule has 0 unspecified atom stereocenters. The Morgan fingerprint density at radius 1 is 1.11 bits per heavy atom. The van der Waals surface area contributed by atoms with Crippen LogP contribution in [0.3, 0.4) is 0 Å².